The Morgan fingerprint density at radius 1 is 0.974 bits per heavy atom. The lowest BCUT2D eigenvalue weighted by molar-refractivity contribution is -0.138. The first-order chi connectivity index (χ1) is 18.2. The minimum atomic E-state index is -4.74. The van der Waals surface area contributed by atoms with Crippen molar-refractivity contribution in [2.24, 2.45) is 0 Å². The summed E-state index contributed by atoms with van der Waals surface area (Å²) in [7, 11) is 0. The summed E-state index contributed by atoms with van der Waals surface area (Å²) in [5, 5.41) is 5.04. The van der Waals surface area contributed by atoms with Crippen LogP contribution in [0.25, 0.3) is 22.2 Å². The van der Waals surface area contributed by atoms with E-state index in [9.17, 15) is 40.3 Å². The molecule has 8 nitrogen and oxygen atoms in total. The van der Waals surface area contributed by atoms with E-state index in [2.05, 4.69) is 15.1 Å². The normalized spacial score (nSPS) is 11.8. The Morgan fingerprint density at radius 3 is 2.18 bits per heavy atom. The van der Waals surface area contributed by atoms with Crippen molar-refractivity contribution in [3.63, 3.8) is 0 Å². The van der Waals surface area contributed by atoms with Crippen LogP contribution in [-0.4, -0.2) is 24.7 Å². The third-order valence-corrected chi connectivity index (χ3v) is 5.44. The second-order valence-electron chi connectivity index (χ2n) is 8.26. The standard InChI is InChI=1S/C19H17F4N3O.C5H4F3N3O/c1-2-3-4-6-26-7-5-12-8-13(9-15(20)16(12)18(26)27)17-24-10-14(11-25-17)19(21,22)23;6-5(7,8)3-2(9)1-10-11-4(3)12/h5,7-11H,2-4,6H2,1H3;1H,(H3,9,11,12). The molecule has 4 rings (SSSR count). The molecule has 0 radical (unpaired) electrons. The second-order valence-corrected chi connectivity index (χ2v) is 8.26. The minimum Gasteiger partial charge on any atom is -0.397 e. The summed E-state index contributed by atoms with van der Waals surface area (Å²) in [6.45, 7) is 2.56. The quantitative estimate of drug-likeness (QED) is 0.258. The second kappa shape index (κ2) is 11.6. The van der Waals surface area contributed by atoms with Crippen LogP contribution in [0.2, 0.25) is 0 Å². The van der Waals surface area contributed by atoms with Crippen molar-refractivity contribution < 1.29 is 30.7 Å². The van der Waals surface area contributed by atoms with E-state index in [1.54, 1.807) is 17.4 Å². The Hall–Kier alpha value is -4.30. The van der Waals surface area contributed by atoms with Gasteiger partial charge in [0.25, 0.3) is 11.1 Å². The van der Waals surface area contributed by atoms with Crippen LogP contribution in [0.4, 0.5) is 36.4 Å². The van der Waals surface area contributed by atoms with Crippen molar-refractivity contribution in [3.8, 4) is 11.4 Å². The zero-order valence-corrected chi connectivity index (χ0v) is 20.2. The smallest absolute Gasteiger partial charge is 0.397 e. The van der Waals surface area contributed by atoms with Gasteiger partial charge in [0.2, 0.25) is 0 Å². The maximum absolute atomic E-state index is 14.6. The molecule has 0 amide bonds. The van der Waals surface area contributed by atoms with Crippen LogP contribution in [0, 0.1) is 5.82 Å². The van der Waals surface area contributed by atoms with Gasteiger partial charge in [-0.1, -0.05) is 19.8 Å². The predicted octanol–water partition coefficient (Wildman–Crippen LogP) is 5.18. The SMILES string of the molecule is CCCCCn1ccc2cc(-c3ncc(C(F)(F)F)cn3)cc(F)c2c1=O.Nc1cn[nH]c(=O)c1C(F)(F)F. The third kappa shape index (κ3) is 6.97. The maximum atomic E-state index is 14.6. The van der Waals surface area contributed by atoms with Gasteiger partial charge in [0.15, 0.2) is 5.82 Å². The molecule has 0 fully saturated rings. The van der Waals surface area contributed by atoms with Crippen molar-refractivity contribution in [1.29, 1.82) is 0 Å². The summed E-state index contributed by atoms with van der Waals surface area (Å²) in [6.07, 6.45) is -2.85. The van der Waals surface area contributed by atoms with Crippen LogP contribution in [0.5, 0.6) is 0 Å². The van der Waals surface area contributed by atoms with E-state index in [0.29, 0.717) is 24.3 Å². The molecule has 3 N–H and O–H groups in total. The van der Waals surface area contributed by atoms with E-state index in [1.165, 1.54) is 10.6 Å². The van der Waals surface area contributed by atoms with Gasteiger partial charge in [0.05, 0.1) is 22.8 Å². The number of rotatable bonds is 5. The van der Waals surface area contributed by atoms with Crippen LogP contribution in [0.1, 0.15) is 37.3 Å². The molecule has 4 aromatic rings. The van der Waals surface area contributed by atoms with E-state index in [-0.39, 0.29) is 16.8 Å². The van der Waals surface area contributed by atoms with Crippen LogP contribution in [-0.2, 0) is 18.9 Å². The summed E-state index contributed by atoms with van der Waals surface area (Å²) >= 11 is 0. The molecular weight excluding hydrogens is 537 g/mol. The number of aromatic nitrogens is 5. The van der Waals surface area contributed by atoms with Gasteiger partial charge < -0.3 is 10.3 Å². The number of anilines is 1. The third-order valence-electron chi connectivity index (χ3n) is 5.44. The van der Waals surface area contributed by atoms with Gasteiger partial charge >= 0.3 is 12.4 Å². The highest BCUT2D eigenvalue weighted by Gasteiger charge is 2.36. The van der Waals surface area contributed by atoms with Crippen molar-refractivity contribution in [3.05, 3.63) is 80.6 Å². The summed E-state index contributed by atoms with van der Waals surface area (Å²) in [4.78, 5) is 30.4. The molecule has 3 heterocycles. The lowest BCUT2D eigenvalue weighted by Gasteiger charge is -2.09. The van der Waals surface area contributed by atoms with Gasteiger partial charge in [0.1, 0.15) is 11.4 Å². The Bertz CT molecular complexity index is 1560. The molecule has 3 aromatic heterocycles. The molecule has 0 saturated carbocycles. The number of nitrogen functional groups attached to an aromatic ring is 1. The highest BCUT2D eigenvalue weighted by atomic mass is 19.4. The summed E-state index contributed by atoms with van der Waals surface area (Å²) in [6, 6.07) is 4.18. The van der Waals surface area contributed by atoms with Gasteiger partial charge in [-0.3, -0.25) is 9.59 Å². The summed E-state index contributed by atoms with van der Waals surface area (Å²) in [5.74, 6) is -0.795. The Balaban J connectivity index is 0.000000293. The molecule has 0 saturated heterocycles. The average Bonchev–Trinajstić information content (AvgIpc) is 2.84. The van der Waals surface area contributed by atoms with E-state index in [4.69, 9.17) is 5.73 Å². The highest BCUT2D eigenvalue weighted by Crippen LogP contribution is 2.30. The van der Waals surface area contributed by atoms with Gasteiger partial charge in [-0.15, -0.1) is 0 Å². The predicted molar refractivity (Wildman–Crippen MR) is 128 cm³/mol. The first-order valence-electron chi connectivity index (χ1n) is 11.4. The number of H-pyrrole nitrogens is 1. The Morgan fingerprint density at radius 2 is 1.64 bits per heavy atom. The molecule has 0 aliphatic rings. The number of hydrogen-bond donors (Lipinski definition) is 2. The molecule has 39 heavy (non-hydrogen) atoms. The average molecular weight is 558 g/mol. The fraction of sp³-hybridized carbons (Fsp3) is 0.292. The van der Waals surface area contributed by atoms with Gasteiger partial charge in [0, 0.05) is 30.7 Å². The molecule has 0 bridgehead atoms. The van der Waals surface area contributed by atoms with Crippen LogP contribution >= 0.6 is 0 Å². The topological polar surface area (TPSA) is 120 Å². The van der Waals surface area contributed by atoms with E-state index >= 15 is 0 Å². The molecule has 15 heteroatoms. The molecule has 1 aromatic carbocycles. The van der Waals surface area contributed by atoms with E-state index in [0.717, 1.165) is 31.5 Å². The van der Waals surface area contributed by atoms with E-state index < -0.39 is 46.1 Å². The van der Waals surface area contributed by atoms with Gasteiger partial charge in [-0.05, 0) is 30.0 Å². The number of benzene rings is 1. The number of halogens is 7. The molecule has 208 valence electrons. The summed E-state index contributed by atoms with van der Waals surface area (Å²) < 4.78 is 89.8. The van der Waals surface area contributed by atoms with Crippen LogP contribution in [0.3, 0.4) is 0 Å². The molecule has 0 aliphatic carbocycles. The molecule has 0 spiro atoms. The van der Waals surface area contributed by atoms with Crippen molar-refractivity contribution in [2.45, 2.75) is 45.1 Å². The fourth-order valence-corrected chi connectivity index (χ4v) is 3.53. The highest BCUT2D eigenvalue weighted by molar-refractivity contribution is 5.86. The van der Waals surface area contributed by atoms with E-state index in [1.807, 2.05) is 6.92 Å². The molecule has 0 atom stereocenters. The number of nitrogens with two attached hydrogens (primary N) is 1. The number of hydrogen-bond acceptors (Lipinski definition) is 6. The number of aromatic amines is 1. The number of pyridine rings is 1. The van der Waals surface area contributed by atoms with Crippen molar-refractivity contribution in [1.82, 2.24) is 24.7 Å². The van der Waals surface area contributed by atoms with Gasteiger partial charge in [-0.2, -0.15) is 31.4 Å². The first kappa shape index (κ1) is 29.3. The number of nitrogens with one attached hydrogen (secondary N) is 1. The lowest BCUT2D eigenvalue weighted by Crippen LogP contribution is -2.24. The monoisotopic (exact) mass is 558 g/mol. The van der Waals surface area contributed by atoms with Crippen molar-refractivity contribution >= 4 is 16.5 Å². The largest absolute Gasteiger partial charge is 0.423 e. The Labute approximate surface area is 215 Å². The number of alkyl halides is 6. The molecular formula is C24H21F7N6O2. The number of aryl methyl sites for hydroxylation is 1. The minimum absolute atomic E-state index is 0.0454. The first-order valence-corrected chi connectivity index (χ1v) is 11.4. The number of unbranched alkanes of at least 4 members (excludes halogenated alkanes) is 2. The maximum Gasteiger partial charge on any atom is 0.423 e. The van der Waals surface area contributed by atoms with Crippen molar-refractivity contribution in [2.75, 3.05) is 5.73 Å². The zero-order chi connectivity index (χ0) is 29.0. The fourth-order valence-electron chi connectivity index (χ4n) is 3.53. The molecule has 0 unspecified atom stereocenters. The number of fused-ring (bicyclic) bond motifs is 1. The van der Waals surface area contributed by atoms with Crippen LogP contribution < -0.4 is 16.9 Å². The number of nitrogens with zero attached hydrogens (tertiary/aromatic N) is 4. The summed E-state index contributed by atoms with van der Waals surface area (Å²) in [5.41, 5.74) is 0.286. The molecule has 0 aliphatic heterocycles. The zero-order valence-electron chi connectivity index (χ0n) is 20.2. The lowest BCUT2D eigenvalue weighted by atomic mass is 10.1. The van der Waals surface area contributed by atoms with Crippen LogP contribution in [0.15, 0.2) is 52.6 Å². The Kier molecular flexibility index (Phi) is 8.71. The van der Waals surface area contributed by atoms with Gasteiger partial charge in [-0.25, -0.2) is 19.5 Å².